The standard InChI is InChI=1S/C17H14F3N3O2/c18-17(19,20)12-3-1-5-14(8-12)23-10-11(7-15(23)24)16(25)22-13-4-2-6-21-9-13/h1-6,8-9,11H,7,10H2,(H,22,25)/t11-/m1/s1. The lowest BCUT2D eigenvalue weighted by molar-refractivity contribution is -0.137. The number of carbonyl (C=O) groups excluding carboxylic acids is 2. The Bertz CT molecular complexity index is 793. The summed E-state index contributed by atoms with van der Waals surface area (Å²) in [5, 5.41) is 2.65. The van der Waals surface area contributed by atoms with E-state index in [2.05, 4.69) is 10.3 Å². The first-order valence-electron chi connectivity index (χ1n) is 7.53. The van der Waals surface area contributed by atoms with Gasteiger partial charge < -0.3 is 10.2 Å². The van der Waals surface area contributed by atoms with Crippen molar-refractivity contribution < 1.29 is 22.8 Å². The number of carbonyl (C=O) groups is 2. The molecule has 1 aromatic carbocycles. The Balaban J connectivity index is 1.73. The van der Waals surface area contributed by atoms with E-state index < -0.39 is 17.7 Å². The van der Waals surface area contributed by atoms with Gasteiger partial charge in [0.05, 0.1) is 23.4 Å². The molecule has 1 N–H and O–H groups in total. The Labute approximate surface area is 141 Å². The van der Waals surface area contributed by atoms with Gasteiger partial charge in [0.2, 0.25) is 11.8 Å². The molecule has 0 spiro atoms. The number of nitrogens with one attached hydrogen (secondary N) is 1. The zero-order valence-electron chi connectivity index (χ0n) is 13.0. The third kappa shape index (κ3) is 3.78. The third-order valence-electron chi connectivity index (χ3n) is 3.91. The highest BCUT2D eigenvalue weighted by atomic mass is 19.4. The minimum absolute atomic E-state index is 0.0340. The first-order valence-corrected chi connectivity index (χ1v) is 7.53. The molecule has 0 radical (unpaired) electrons. The van der Waals surface area contributed by atoms with E-state index in [1.807, 2.05) is 0 Å². The van der Waals surface area contributed by atoms with Crippen molar-refractivity contribution in [3.05, 3.63) is 54.4 Å². The van der Waals surface area contributed by atoms with Crippen LogP contribution in [0.2, 0.25) is 0 Å². The van der Waals surface area contributed by atoms with Gasteiger partial charge in [-0.25, -0.2) is 0 Å². The SMILES string of the molecule is O=C(Nc1cccnc1)[C@@H]1CC(=O)N(c2cccc(C(F)(F)F)c2)C1. The van der Waals surface area contributed by atoms with Gasteiger partial charge in [0.15, 0.2) is 0 Å². The van der Waals surface area contributed by atoms with E-state index in [0.717, 1.165) is 12.1 Å². The van der Waals surface area contributed by atoms with Crippen LogP contribution in [0.5, 0.6) is 0 Å². The van der Waals surface area contributed by atoms with Crippen LogP contribution in [0.1, 0.15) is 12.0 Å². The van der Waals surface area contributed by atoms with Crippen LogP contribution >= 0.6 is 0 Å². The van der Waals surface area contributed by atoms with Crippen LogP contribution in [-0.4, -0.2) is 23.3 Å². The fourth-order valence-corrected chi connectivity index (χ4v) is 2.66. The van der Waals surface area contributed by atoms with Crippen LogP contribution < -0.4 is 10.2 Å². The number of aromatic nitrogens is 1. The number of amides is 2. The molecular weight excluding hydrogens is 335 g/mol. The van der Waals surface area contributed by atoms with Gasteiger partial charge in [0.25, 0.3) is 0 Å². The lowest BCUT2D eigenvalue weighted by Gasteiger charge is -2.18. The molecule has 1 atom stereocenters. The molecular formula is C17H14F3N3O2. The molecule has 0 saturated carbocycles. The second-order valence-corrected chi connectivity index (χ2v) is 5.68. The highest BCUT2D eigenvalue weighted by molar-refractivity contribution is 6.03. The van der Waals surface area contributed by atoms with E-state index in [-0.39, 0.29) is 30.5 Å². The Morgan fingerprint density at radius 2 is 2.04 bits per heavy atom. The van der Waals surface area contributed by atoms with Gasteiger partial charge >= 0.3 is 6.18 Å². The Morgan fingerprint density at radius 3 is 2.72 bits per heavy atom. The molecule has 3 rings (SSSR count). The van der Waals surface area contributed by atoms with Crippen LogP contribution in [0, 0.1) is 5.92 Å². The summed E-state index contributed by atoms with van der Waals surface area (Å²) in [6, 6.07) is 7.84. The van der Waals surface area contributed by atoms with Crippen molar-refractivity contribution in [3.63, 3.8) is 0 Å². The van der Waals surface area contributed by atoms with E-state index in [1.54, 1.807) is 18.3 Å². The molecule has 1 aliphatic heterocycles. The largest absolute Gasteiger partial charge is 0.416 e. The fourth-order valence-electron chi connectivity index (χ4n) is 2.66. The second kappa shape index (κ2) is 6.54. The van der Waals surface area contributed by atoms with E-state index in [0.29, 0.717) is 5.69 Å². The number of halogens is 3. The molecule has 0 aliphatic carbocycles. The number of alkyl halides is 3. The predicted molar refractivity (Wildman–Crippen MR) is 84.8 cm³/mol. The molecule has 1 aliphatic rings. The third-order valence-corrected chi connectivity index (χ3v) is 3.91. The smallest absolute Gasteiger partial charge is 0.324 e. The molecule has 2 amide bonds. The van der Waals surface area contributed by atoms with Gasteiger partial charge in [0, 0.05) is 24.8 Å². The number of nitrogens with zero attached hydrogens (tertiary/aromatic N) is 2. The fraction of sp³-hybridized carbons (Fsp3) is 0.235. The average molecular weight is 349 g/mol. The van der Waals surface area contributed by atoms with Crippen molar-refractivity contribution >= 4 is 23.2 Å². The quantitative estimate of drug-likeness (QED) is 0.926. The summed E-state index contributed by atoms with van der Waals surface area (Å²) >= 11 is 0. The first kappa shape index (κ1) is 16.9. The molecule has 1 fully saturated rings. The second-order valence-electron chi connectivity index (χ2n) is 5.68. The number of pyridine rings is 1. The Hall–Kier alpha value is -2.90. The van der Waals surface area contributed by atoms with Gasteiger partial charge in [-0.1, -0.05) is 6.07 Å². The molecule has 2 aromatic rings. The van der Waals surface area contributed by atoms with Gasteiger partial charge in [-0.2, -0.15) is 13.2 Å². The van der Waals surface area contributed by atoms with Crippen LogP contribution in [0.25, 0.3) is 0 Å². The highest BCUT2D eigenvalue weighted by Gasteiger charge is 2.36. The number of hydrogen-bond donors (Lipinski definition) is 1. The minimum atomic E-state index is -4.49. The zero-order chi connectivity index (χ0) is 18.0. The van der Waals surface area contributed by atoms with E-state index in [4.69, 9.17) is 0 Å². The number of hydrogen-bond acceptors (Lipinski definition) is 3. The molecule has 2 heterocycles. The summed E-state index contributed by atoms with van der Waals surface area (Å²) in [4.78, 5) is 29.5. The van der Waals surface area contributed by atoms with Crippen LogP contribution in [0.4, 0.5) is 24.5 Å². The molecule has 8 heteroatoms. The van der Waals surface area contributed by atoms with Crippen molar-refractivity contribution in [3.8, 4) is 0 Å². The summed E-state index contributed by atoms with van der Waals surface area (Å²) in [5.41, 5.74) is -0.199. The summed E-state index contributed by atoms with van der Waals surface area (Å²) in [5.74, 6) is -1.39. The maximum atomic E-state index is 12.8. The maximum Gasteiger partial charge on any atom is 0.416 e. The number of benzene rings is 1. The lowest BCUT2D eigenvalue weighted by Crippen LogP contribution is -2.28. The normalized spacial score (nSPS) is 17.6. The highest BCUT2D eigenvalue weighted by Crippen LogP contribution is 2.33. The van der Waals surface area contributed by atoms with E-state index >= 15 is 0 Å². The number of rotatable bonds is 3. The average Bonchev–Trinajstić information content (AvgIpc) is 2.97. The van der Waals surface area contributed by atoms with Gasteiger partial charge in [-0.05, 0) is 30.3 Å². The summed E-state index contributed by atoms with van der Waals surface area (Å²) in [7, 11) is 0. The van der Waals surface area contributed by atoms with Crippen molar-refractivity contribution in [1.29, 1.82) is 0 Å². The van der Waals surface area contributed by atoms with Crippen LogP contribution in [-0.2, 0) is 15.8 Å². The van der Waals surface area contributed by atoms with Gasteiger partial charge in [-0.3, -0.25) is 14.6 Å². The van der Waals surface area contributed by atoms with Crippen LogP contribution in [0.3, 0.4) is 0 Å². The molecule has 1 saturated heterocycles. The minimum Gasteiger partial charge on any atom is -0.324 e. The summed E-state index contributed by atoms with van der Waals surface area (Å²) in [6.45, 7) is 0.0340. The predicted octanol–water partition coefficient (Wildman–Crippen LogP) is 3.09. The molecule has 0 unspecified atom stereocenters. The van der Waals surface area contributed by atoms with Crippen molar-refractivity contribution in [2.45, 2.75) is 12.6 Å². The monoisotopic (exact) mass is 349 g/mol. The molecule has 0 bridgehead atoms. The van der Waals surface area contributed by atoms with Crippen molar-refractivity contribution in [2.75, 3.05) is 16.8 Å². The molecule has 5 nitrogen and oxygen atoms in total. The van der Waals surface area contributed by atoms with Crippen LogP contribution in [0.15, 0.2) is 48.8 Å². The Kier molecular flexibility index (Phi) is 4.43. The lowest BCUT2D eigenvalue weighted by atomic mass is 10.1. The number of anilines is 2. The first-order chi connectivity index (χ1) is 11.8. The van der Waals surface area contributed by atoms with Gasteiger partial charge in [0.1, 0.15) is 0 Å². The van der Waals surface area contributed by atoms with Gasteiger partial charge in [-0.15, -0.1) is 0 Å². The zero-order valence-corrected chi connectivity index (χ0v) is 13.0. The summed E-state index contributed by atoms with van der Waals surface area (Å²) in [6.07, 6.45) is -1.51. The molecule has 130 valence electrons. The maximum absolute atomic E-state index is 12.8. The Morgan fingerprint density at radius 1 is 1.24 bits per heavy atom. The summed E-state index contributed by atoms with van der Waals surface area (Å²) < 4.78 is 38.5. The van der Waals surface area contributed by atoms with E-state index in [1.165, 1.54) is 23.2 Å². The molecule has 1 aromatic heterocycles. The molecule has 25 heavy (non-hydrogen) atoms. The van der Waals surface area contributed by atoms with E-state index in [9.17, 15) is 22.8 Å². The van der Waals surface area contributed by atoms with Crippen molar-refractivity contribution in [1.82, 2.24) is 4.98 Å². The van der Waals surface area contributed by atoms with Crippen molar-refractivity contribution in [2.24, 2.45) is 5.92 Å². The topological polar surface area (TPSA) is 62.3 Å².